The van der Waals surface area contributed by atoms with Gasteiger partial charge in [-0.25, -0.2) is 13.4 Å². The number of hydrogen-bond donors (Lipinski definition) is 3. The van der Waals surface area contributed by atoms with Gasteiger partial charge >= 0.3 is 6.18 Å². The lowest BCUT2D eigenvalue weighted by Gasteiger charge is -2.30. The van der Waals surface area contributed by atoms with Gasteiger partial charge in [0.15, 0.2) is 0 Å². The van der Waals surface area contributed by atoms with Crippen molar-refractivity contribution >= 4 is 44.3 Å². The van der Waals surface area contributed by atoms with Gasteiger partial charge in [-0.15, -0.1) is 0 Å². The number of pyridine rings is 1. The Morgan fingerprint density at radius 2 is 1.67 bits per heavy atom. The largest absolute Gasteiger partial charge is 0.497 e. The van der Waals surface area contributed by atoms with E-state index in [-0.39, 0.29) is 37.4 Å². The van der Waals surface area contributed by atoms with Gasteiger partial charge in [0.1, 0.15) is 35.2 Å². The molecule has 1 aromatic heterocycles. The molecule has 0 spiro atoms. The highest BCUT2D eigenvalue weighted by Gasteiger charge is 2.62. The number of nitrogens with zero attached hydrogens (tertiary/aromatic N) is 2. The lowest BCUT2D eigenvalue weighted by atomic mass is 10.0. The van der Waals surface area contributed by atoms with Gasteiger partial charge in [-0.2, -0.15) is 13.2 Å². The molecular weight excluding hydrogens is 800 g/mol. The number of fused-ring (bicyclic) bond motifs is 3. The van der Waals surface area contributed by atoms with E-state index in [4.69, 9.17) is 14.5 Å². The van der Waals surface area contributed by atoms with Crippen LogP contribution in [0.15, 0.2) is 78.9 Å². The summed E-state index contributed by atoms with van der Waals surface area (Å²) in [7, 11) is -2.37. The third kappa shape index (κ3) is 8.89. The van der Waals surface area contributed by atoms with E-state index in [0.717, 1.165) is 43.4 Å². The monoisotopic (exact) mass is 847 g/mol. The number of carbonyl (C=O) groups is 3. The van der Waals surface area contributed by atoms with Gasteiger partial charge in [-0.05, 0) is 68.4 Å². The zero-order valence-corrected chi connectivity index (χ0v) is 34.0. The Hall–Kier alpha value is -5.38. The van der Waals surface area contributed by atoms with E-state index in [9.17, 15) is 36.0 Å². The number of sulfonamides is 1. The number of rotatable bonds is 9. The van der Waals surface area contributed by atoms with Gasteiger partial charge in [0.2, 0.25) is 21.8 Å². The Labute approximate surface area is 346 Å². The van der Waals surface area contributed by atoms with E-state index in [1.165, 1.54) is 17.0 Å². The zero-order chi connectivity index (χ0) is 42.2. The van der Waals surface area contributed by atoms with E-state index < -0.39 is 68.5 Å². The number of hydrogen-bond acceptors (Lipinski definition) is 9. The predicted octanol–water partition coefficient (Wildman–Crippen LogP) is 6.99. The third-order valence-corrected chi connectivity index (χ3v) is 13.9. The Bertz CT molecular complexity index is 2380. The topological polar surface area (TPSA) is 156 Å². The molecule has 3 amide bonds. The maximum absolute atomic E-state index is 14.8. The van der Waals surface area contributed by atoms with E-state index in [1.54, 1.807) is 25.3 Å². The number of amides is 3. The number of aromatic nitrogens is 1. The quantitative estimate of drug-likeness (QED) is 0.162. The van der Waals surface area contributed by atoms with Crippen molar-refractivity contribution in [2.45, 2.75) is 106 Å². The number of carbonyl (C=O) groups excluding carboxylic acids is 3. The summed E-state index contributed by atoms with van der Waals surface area (Å²) in [6.07, 6.45) is 0.432. The second kappa shape index (κ2) is 16.6. The standard InChI is InChI=1S/C44H48F3N5O7S/c1-58-31-17-20-34-37(22-31)49-36(27-11-6-5-7-12-27)24-39(34)59-32-23-38-40(53)50-43(42(55)51-60(56,57)33-18-19-33)25-29(43)13-8-3-2-4-9-16-35(41(54)52(38)26-32)48-30-15-10-14-28(21-30)44(45,46)47/h5-7,10-12,14-15,17,20-22,24,29,32-33,35,38,48H,2-4,8-9,13,16,18-19,23,25-26H2,1H3,(H,50,53)(H,51,55)/t29-,32-,35+,38+,43-/m1/s1. The lowest BCUT2D eigenvalue weighted by Crippen LogP contribution is -2.57. The van der Waals surface area contributed by atoms with Crippen LogP contribution in [0, 0.1) is 5.92 Å². The van der Waals surface area contributed by atoms with E-state index in [1.807, 2.05) is 36.4 Å². The van der Waals surface area contributed by atoms with Gasteiger partial charge in [-0.1, -0.05) is 68.5 Å². The summed E-state index contributed by atoms with van der Waals surface area (Å²) < 4.78 is 81.6. The molecule has 0 unspecified atom stereocenters. The average Bonchev–Trinajstić information content (AvgIpc) is 4.16. The molecule has 8 rings (SSSR count). The summed E-state index contributed by atoms with van der Waals surface area (Å²) in [4.78, 5) is 49.6. The molecule has 4 aliphatic rings. The smallest absolute Gasteiger partial charge is 0.416 e. The summed E-state index contributed by atoms with van der Waals surface area (Å²) in [5, 5.41) is 5.99. The number of anilines is 1. The number of halogens is 3. The molecule has 4 aromatic rings. The minimum atomic E-state index is -4.60. The number of nitrogens with one attached hydrogen (secondary N) is 3. The first kappa shape index (κ1) is 41.4. The maximum Gasteiger partial charge on any atom is 0.416 e. The SMILES string of the molecule is COc1ccc2c(O[C@@H]3C[C@H]4C(=O)N[C@]5(C(=O)NS(=O)(=O)C6CC6)C[C@H]5CCCCCCC[C@H](Nc5cccc(C(F)(F)F)c5)C(=O)N4C3)cc(-c3ccccc3)nc2c1. The molecule has 0 bridgehead atoms. The fourth-order valence-corrected chi connectivity index (χ4v) is 9.94. The van der Waals surface area contributed by atoms with Crippen molar-refractivity contribution in [3.8, 4) is 22.8 Å². The summed E-state index contributed by atoms with van der Waals surface area (Å²) in [5.41, 5.74) is -0.204. The van der Waals surface area contributed by atoms with E-state index >= 15 is 0 Å². The van der Waals surface area contributed by atoms with Crippen molar-refractivity contribution in [2.75, 3.05) is 19.0 Å². The minimum absolute atomic E-state index is 0.0111. The molecule has 2 saturated heterocycles. The number of alkyl halides is 3. The van der Waals surface area contributed by atoms with Crippen molar-refractivity contribution in [3.63, 3.8) is 0 Å². The van der Waals surface area contributed by atoms with Crippen molar-refractivity contribution in [1.29, 1.82) is 0 Å². The summed E-state index contributed by atoms with van der Waals surface area (Å²) >= 11 is 0. The van der Waals surface area contributed by atoms with Gasteiger partial charge < -0.3 is 25.0 Å². The molecule has 5 atom stereocenters. The van der Waals surface area contributed by atoms with Crippen LogP contribution in [-0.2, 0) is 30.6 Å². The molecule has 16 heteroatoms. The second-order valence-electron chi connectivity index (χ2n) is 16.4. The molecule has 318 valence electrons. The fourth-order valence-electron chi connectivity index (χ4n) is 8.58. The molecule has 2 aliphatic carbocycles. The van der Waals surface area contributed by atoms with E-state index in [2.05, 4.69) is 15.4 Å². The molecule has 2 aliphatic heterocycles. The summed E-state index contributed by atoms with van der Waals surface area (Å²) in [6, 6.07) is 19.2. The van der Waals surface area contributed by atoms with Crippen molar-refractivity contribution in [2.24, 2.45) is 5.92 Å². The number of methoxy groups -OCH3 is 1. The molecule has 12 nitrogen and oxygen atoms in total. The van der Waals surface area contributed by atoms with Gasteiger partial charge in [-0.3, -0.25) is 19.1 Å². The van der Waals surface area contributed by atoms with Crippen LogP contribution in [0.1, 0.15) is 76.2 Å². The number of ether oxygens (including phenoxy) is 2. The van der Waals surface area contributed by atoms with Crippen LogP contribution in [0.5, 0.6) is 11.5 Å². The first-order chi connectivity index (χ1) is 28.7. The first-order valence-electron chi connectivity index (χ1n) is 20.6. The Kier molecular flexibility index (Phi) is 11.4. The van der Waals surface area contributed by atoms with Crippen LogP contribution in [0.4, 0.5) is 18.9 Å². The molecule has 3 N–H and O–H groups in total. The number of benzene rings is 3. The zero-order valence-electron chi connectivity index (χ0n) is 33.2. The fraction of sp³-hybridized carbons (Fsp3) is 0.455. The van der Waals surface area contributed by atoms with Crippen LogP contribution in [0.25, 0.3) is 22.2 Å². The van der Waals surface area contributed by atoms with Crippen LogP contribution in [0.3, 0.4) is 0 Å². The van der Waals surface area contributed by atoms with Crippen LogP contribution in [0.2, 0.25) is 0 Å². The Morgan fingerprint density at radius 1 is 0.917 bits per heavy atom. The highest BCUT2D eigenvalue weighted by molar-refractivity contribution is 7.91. The van der Waals surface area contributed by atoms with Gasteiger partial charge in [0, 0.05) is 35.2 Å². The Balaban J connectivity index is 1.14. The second-order valence-corrected chi connectivity index (χ2v) is 18.4. The minimum Gasteiger partial charge on any atom is -0.497 e. The van der Waals surface area contributed by atoms with Gasteiger partial charge in [0.05, 0.1) is 35.7 Å². The predicted molar refractivity (Wildman–Crippen MR) is 219 cm³/mol. The molecule has 4 fully saturated rings. The molecule has 3 heterocycles. The van der Waals surface area contributed by atoms with Crippen LogP contribution < -0.4 is 24.8 Å². The normalized spacial score (nSPS) is 25.2. The summed E-state index contributed by atoms with van der Waals surface area (Å²) in [5.74, 6) is -1.20. The van der Waals surface area contributed by atoms with Crippen LogP contribution in [-0.4, -0.2) is 78.7 Å². The molecular formula is C44H48F3N5O7S. The van der Waals surface area contributed by atoms with Crippen molar-refractivity contribution in [3.05, 3.63) is 84.4 Å². The molecule has 60 heavy (non-hydrogen) atoms. The van der Waals surface area contributed by atoms with Crippen molar-refractivity contribution < 1.29 is 45.4 Å². The highest BCUT2D eigenvalue weighted by Crippen LogP contribution is 2.48. The van der Waals surface area contributed by atoms with Gasteiger partial charge in [0.25, 0.3) is 5.91 Å². The van der Waals surface area contributed by atoms with Crippen molar-refractivity contribution in [1.82, 2.24) is 19.9 Å². The molecule has 0 radical (unpaired) electrons. The highest BCUT2D eigenvalue weighted by atomic mass is 32.2. The Morgan fingerprint density at radius 3 is 2.40 bits per heavy atom. The van der Waals surface area contributed by atoms with Crippen LogP contribution >= 0.6 is 0 Å². The summed E-state index contributed by atoms with van der Waals surface area (Å²) in [6.45, 7) is -0.0585. The van der Waals surface area contributed by atoms with E-state index in [0.29, 0.717) is 53.8 Å². The lowest BCUT2D eigenvalue weighted by molar-refractivity contribution is -0.140. The maximum atomic E-state index is 14.8. The first-order valence-corrected chi connectivity index (χ1v) is 22.1. The average molecular weight is 848 g/mol. The third-order valence-electron chi connectivity index (χ3n) is 12.1. The molecule has 3 aromatic carbocycles. The molecule has 2 saturated carbocycles.